The van der Waals surface area contributed by atoms with Crippen molar-refractivity contribution in [2.45, 2.75) is 26.6 Å². The molecule has 0 saturated carbocycles. The van der Waals surface area contributed by atoms with Gasteiger partial charge in [-0.05, 0) is 43.8 Å². The largest absolute Gasteiger partial charge is 0.221 e. The monoisotopic (exact) mass is 400 g/mol. The fourth-order valence-corrected chi connectivity index (χ4v) is 8.14. The zero-order chi connectivity index (χ0) is 19.8. The second-order valence-corrected chi connectivity index (χ2v) is 16.3. The van der Waals surface area contributed by atoms with Crippen LogP contribution in [0.25, 0.3) is 32.8 Å². The lowest BCUT2D eigenvalue weighted by Crippen LogP contribution is -2.41. The van der Waals surface area contributed by atoms with Crippen LogP contribution < -0.4 is 20.4 Å². The molecule has 0 saturated heterocycles. The second-order valence-electron chi connectivity index (χ2n) is 9.18. The zero-order valence-electron chi connectivity index (χ0n) is 17.6. The van der Waals surface area contributed by atoms with Gasteiger partial charge in [0.25, 0.3) is 0 Å². The average molecular weight is 401 g/mol. The molecule has 3 heteroatoms. The van der Waals surface area contributed by atoms with Gasteiger partial charge in [-0.15, -0.1) is 0 Å². The number of nitrogens with zero attached hydrogens (tertiary/aromatic N) is 1. The second kappa shape index (κ2) is 5.99. The number of rotatable bonds is 1. The molecule has 1 unspecified atom stereocenters. The molecule has 2 heterocycles. The smallest absolute Gasteiger partial charge is 0.200 e. The molecule has 140 valence electrons. The van der Waals surface area contributed by atoms with E-state index in [1.807, 2.05) is 0 Å². The number of pyridine rings is 1. The van der Waals surface area contributed by atoms with Gasteiger partial charge in [0.1, 0.15) is 7.05 Å². The van der Waals surface area contributed by atoms with Crippen LogP contribution in [0.4, 0.5) is 0 Å². The third kappa shape index (κ3) is 2.44. The predicted octanol–water partition coefficient (Wildman–Crippen LogP) is 4.71. The Morgan fingerprint density at radius 3 is 2.43 bits per heavy atom. The topological polar surface area (TPSA) is 3.88 Å². The maximum atomic E-state index is 2.52. The fourth-order valence-electron chi connectivity index (χ4n) is 4.71. The van der Waals surface area contributed by atoms with Crippen molar-refractivity contribution in [1.82, 2.24) is 0 Å². The van der Waals surface area contributed by atoms with E-state index in [-0.39, 0.29) is 0 Å². The van der Waals surface area contributed by atoms with E-state index < -0.39 is 16.0 Å². The number of hydrogen-bond donors (Lipinski definition) is 0. The van der Waals surface area contributed by atoms with E-state index in [2.05, 4.69) is 99.6 Å². The lowest BCUT2D eigenvalue weighted by Gasteiger charge is -2.27. The molecule has 0 N–H and O–H groups in total. The van der Waals surface area contributed by atoms with Gasteiger partial charge in [-0.2, -0.15) is 4.57 Å². The van der Waals surface area contributed by atoms with E-state index in [0.717, 1.165) is 0 Å². The first-order chi connectivity index (χ1) is 13.3. The maximum absolute atomic E-state index is 2.52. The highest BCUT2D eigenvalue weighted by atomic mass is 31.1. The minimum atomic E-state index is -1.36. The Hall–Kier alpha value is -2.02. The van der Waals surface area contributed by atoms with Crippen LogP contribution in [0, 0.1) is 6.92 Å². The van der Waals surface area contributed by atoms with Crippen molar-refractivity contribution in [3.8, 4) is 11.3 Å². The first-order valence-electron chi connectivity index (χ1n) is 10.0. The first-order valence-corrected chi connectivity index (χ1v) is 15.3. The van der Waals surface area contributed by atoms with Crippen LogP contribution in [0.3, 0.4) is 0 Å². The molecule has 4 aromatic rings. The molecule has 1 aliphatic rings. The molecule has 3 aromatic carbocycles. The van der Waals surface area contributed by atoms with Crippen molar-refractivity contribution in [2.24, 2.45) is 7.05 Å². The van der Waals surface area contributed by atoms with Crippen LogP contribution in [-0.2, 0) is 7.05 Å². The molecule has 0 radical (unpaired) electrons. The van der Waals surface area contributed by atoms with Gasteiger partial charge in [0.05, 0.1) is 18.9 Å². The number of hydrogen-bond acceptors (Lipinski definition) is 0. The highest BCUT2D eigenvalue weighted by Crippen LogP contribution is 2.45. The van der Waals surface area contributed by atoms with Gasteiger partial charge in [-0.1, -0.05) is 67.3 Å². The van der Waals surface area contributed by atoms with Gasteiger partial charge >= 0.3 is 0 Å². The molecule has 0 aliphatic carbocycles. The molecule has 28 heavy (non-hydrogen) atoms. The zero-order valence-corrected chi connectivity index (χ0v) is 19.5. The fraction of sp³-hybridized carbons (Fsp3) is 0.240. The Morgan fingerprint density at radius 2 is 1.68 bits per heavy atom. The highest BCUT2D eigenvalue weighted by Gasteiger charge is 2.33. The summed E-state index contributed by atoms with van der Waals surface area (Å²) >= 11 is 0. The van der Waals surface area contributed by atoms with Crippen molar-refractivity contribution < 1.29 is 4.57 Å². The van der Waals surface area contributed by atoms with E-state index in [9.17, 15) is 0 Å². The van der Waals surface area contributed by atoms with E-state index in [1.54, 1.807) is 10.5 Å². The minimum Gasteiger partial charge on any atom is -0.200 e. The van der Waals surface area contributed by atoms with Crippen LogP contribution in [0.2, 0.25) is 19.6 Å². The minimum absolute atomic E-state index is 0.395. The summed E-state index contributed by atoms with van der Waals surface area (Å²) in [7, 11) is 0.465. The summed E-state index contributed by atoms with van der Waals surface area (Å²) in [5.41, 5.74) is 4.24. The molecule has 1 nitrogen and oxygen atoms in total. The summed E-state index contributed by atoms with van der Waals surface area (Å²) in [6.07, 6.45) is 2.33. The van der Waals surface area contributed by atoms with E-state index in [4.69, 9.17) is 0 Å². The van der Waals surface area contributed by atoms with Gasteiger partial charge in [0.2, 0.25) is 5.69 Å². The Bertz CT molecular complexity index is 1280. The molecular formula is C25H27NPSi+. The molecule has 0 fully saturated rings. The lowest BCUT2D eigenvalue weighted by molar-refractivity contribution is -0.658. The maximum Gasteiger partial charge on any atom is 0.221 e. The van der Waals surface area contributed by atoms with Gasteiger partial charge < -0.3 is 0 Å². The number of aryl methyl sites for hydroxylation is 2. The predicted molar refractivity (Wildman–Crippen MR) is 128 cm³/mol. The normalized spacial score (nSPS) is 15.9. The van der Waals surface area contributed by atoms with Crippen molar-refractivity contribution in [1.29, 1.82) is 0 Å². The summed E-state index contributed by atoms with van der Waals surface area (Å²) in [5.74, 6) is 0. The Balaban J connectivity index is 1.99. The van der Waals surface area contributed by atoms with E-state index in [1.165, 1.54) is 43.7 Å². The molecular weight excluding hydrogens is 373 g/mol. The summed E-state index contributed by atoms with van der Waals surface area (Å²) in [6.45, 7) is 12.0. The van der Waals surface area contributed by atoms with E-state index >= 15 is 0 Å². The van der Waals surface area contributed by atoms with Crippen LogP contribution in [-0.4, -0.2) is 14.7 Å². The Morgan fingerprint density at radius 1 is 0.929 bits per heavy atom. The number of aromatic nitrogens is 1. The van der Waals surface area contributed by atoms with Gasteiger partial charge in [0.15, 0.2) is 6.20 Å². The molecule has 0 amide bonds. The highest BCUT2D eigenvalue weighted by molar-refractivity contribution is 7.73. The Kier molecular flexibility index (Phi) is 3.86. The van der Waals surface area contributed by atoms with Gasteiger partial charge in [-0.3, -0.25) is 0 Å². The van der Waals surface area contributed by atoms with Crippen molar-refractivity contribution in [3.63, 3.8) is 0 Å². The van der Waals surface area contributed by atoms with Crippen molar-refractivity contribution in [3.05, 3.63) is 60.3 Å². The Labute approximate surface area is 169 Å². The molecule has 0 bridgehead atoms. The van der Waals surface area contributed by atoms with Gasteiger partial charge in [0, 0.05) is 16.2 Å². The summed E-state index contributed by atoms with van der Waals surface area (Å²) in [5, 5.41) is 10.3. The molecule has 0 spiro atoms. The summed E-state index contributed by atoms with van der Waals surface area (Å²) < 4.78 is 2.38. The lowest BCUT2D eigenvalue weighted by atomic mass is 9.95. The molecule has 1 aliphatic heterocycles. The third-order valence-corrected chi connectivity index (χ3v) is 10.5. The summed E-state index contributed by atoms with van der Waals surface area (Å²) in [4.78, 5) is 0. The average Bonchev–Trinajstić information content (AvgIpc) is 2.65. The van der Waals surface area contributed by atoms with Gasteiger partial charge in [-0.25, -0.2) is 0 Å². The third-order valence-electron chi connectivity index (χ3n) is 6.25. The van der Waals surface area contributed by atoms with E-state index in [0.29, 0.717) is 0 Å². The standard InChI is InChI=1S/C25H27NPSi/c1-16-10-11-17-8-7-9-21-23(17)22(16)24-25(27(21)3)20-14-19(28(4,5)6)13-12-18(20)15-26(24)2/h7-15H,1-6H3/q+1. The van der Waals surface area contributed by atoms with Crippen molar-refractivity contribution >= 4 is 53.3 Å². The molecule has 1 aromatic heterocycles. The number of benzene rings is 3. The van der Waals surface area contributed by atoms with Crippen LogP contribution in [0.15, 0.2) is 54.7 Å². The first kappa shape index (κ1) is 18.0. The van der Waals surface area contributed by atoms with Crippen LogP contribution in [0.1, 0.15) is 5.56 Å². The molecule has 1 atom stereocenters. The van der Waals surface area contributed by atoms with Crippen molar-refractivity contribution in [2.75, 3.05) is 6.66 Å². The van der Waals surface area contributed by atoms with Crippen LogP contribution >= 0.6 is 7.92 Å². The number of fused-ring (bicyclic) bond motifs is 4. The van der Waals surface area contributed by atoms with Crippen LogP contribution in [0.5, 0.6) is 0 Å². The summed E-state index contributed by atoms with van der Waals surface area (Å²) in [6, 6.07) is 18.7. The quantitative estimate of drug-likeness (QED) is 0.247. The SMILES string of the molecule is Cc1ccc2cccc3c2c1-c1c(c2cc([Si](C)(C)C)ccc2c[n+]1C)P3C. The molecule has 5 rings (SSSR count).